The number of benzene rings is 1. The fourth-order valence-electron chi connectivity index (χ4n) is 4.44. The summed E-state index contributed by atoms with van der Waals surface area (Å²) in [6.07, 6.45) is -4.83. The number of hydroxylamine groups is 2. The van der Waals surface area contributed by atoms with E-state index in [2.05, 4.69) is 0 Å². The molecular weight excluding hydrogens is 518 g/mol. The van der Waals surface area contributed by atoms with Crippen molar-refractivity contribution in [2.45, 2.75) is 76.2 Å². The maximum Gasteiger partial charge on any atom is 0.336 e. The van der Waals surface area contributed by atoms with E-state index in [-0.39, 0.29) is 37.2 Å². The summed E-state index contributed by atoms with van der Waals surface area (Å²) in [4.78, 5) is 51.3. The molecule has 13 nitrogen and oxygen atoms in total. The molecule has 4 rings (SSSR count). The lowest BCUT2D eigenvalue weighted by Gasteiger charge is -2.41. The van der Waals surface area contributed by atoms with Gasteiger partial charge in [-0.05, 0) is 37.5 Å². The number of amides is 2. The second kappa shape index (κ2) is 12.7. The number of rotatable bonds is 11. The highest BCUT2D eigenvalue weighted by Crippen LogP contribution is 2.28. The molecular formula is C26H31NO12. The summed E-state index contributed by atoms with van der Waals surface area (Å²) in [6.45, 7) is 1.40. The molecule has 5 atom stereocenters. The highest BCUT2D eigenvalue weighted by Gasteiger charge is 2.46. The Morgan fingerprint density at radius 2 is 1.79 bits per heavy atom. The van der Waals surface area contributed by atoms with Crippen LogP contribution in [0.25, 0.3) is 11.0 Å². The van der Waals surface area contributed by atoms with Crippen molar-refractivity contribution in [3.8, 4) is 5.75 Å². The van der Waals surface area contributed by atoms with Crippen molar-refractivity contribution in [3.63, 3.8) is 0 Å². The molecule has 0 unspecified atom stereocenters. The van der Waals surface area contributed by atoms with Crippen LogP contribution in [0.5, 0.6) is 5.75 Å². The quantitative estimate of drug-likeness (QED) is 0.200. The van der Waals surface area contributed by atoms with Gasteiger partial charge in [0, 0.05) is 43.4 Å². The Kier molecular flexibility index (Phi) is 9.30. The van der Waals surface area contributed by atoms with Gasteiger partial charge in [-0.2, -0.15) is 0 Å². The predicted octanol–water partition coefficient (Wildman–Crippen LogP) is 0.472. The first-order chi connectivity index (χ1) is 18.7. The van der Waals surface area contributed by atoms with Crippen molar-refractivity contribution in [3.05, 3.63) is 40.2 Å². The van der Waals surface area contributed by atoms with E-state index in [0.29, 0.717) is 29.7 Å². The van der Waals surface area contributed by atoms with E-state index >= 15 is 0 Å². The number of carbonyl (C=O) groups excluding carboxylic acids is 3. The minimum absolute atomic E-state index is 0.000965. The van der Waals surface area contributed by atoms with Crippen LogP contribution in [-0.4, -0.2) is 82.1 Å². The van der Waals surface area contributed by atoms with E-state index in [1.54, 1.807) is 19.1 Å². The number of fused-ring (bicyclic) bond motifs is 1. The van der Waals surface area contributed by atoms with Crippen LogP contribution in [-0.2, 0) is 28.7 Å². The summed E-state index contributed by atoms with van der Waals surface area (Å²) in [5.74, 6) is -1.54. The minimum atomic E-state index is -1.51. The van der Waals surface area contributed by atoms with Gasteiger partial charge in [0.05, 0.1) is 6.61 Å². The monoisotopic (exact) mass is 549 g/mol. The molecule has 212 valence electrons. The Morgan fingerprint density at radius 3 is 2.51 bits per heavy atom. The van der Waals surface area contributed by atoms with Gasteiger partial charge in [0.1, 0.15) is 35.7 Å². The number of unbranched alkanes of at least 4 members (excludes halogenated alkanes) is 2. The SMILES string of the molecule is Cc1cc(=O)oc2cc(O[C@H]3O[C@H](CO)[C@@H](OCCCCCC(=O)ON4C(=O)CCC4=O)[C@H](O)[C@@H]3O)ccc12. The minimum Gasteiger partial charge on any atom is -0.462 e. The van der Waals surface area contributed by atoms with Crippen molar-refractivity contribution >= 4 is 28.8 Å². The van der Waals surface area contributed by atoms with E-state index in [0.717, 1.165) is 5.56 Å². The van der Waals surface area contributed by atoms with Crippen LogP contribution in [0.15, 0.2) is 33.5 Å². The number of imide groups is 1. The summed E-state index contributed by atoms with van der Waals surface area (Å²) in [5, 5.41) is 32.3. The number of nitrogens with zero attached hydrogens (tertiary/aromatic N) is 1. The molecule has 0 radical (unpaired) electrons. The van der Waals surface area contributed by atoms with Gasteiger partial charge in [0.25, 0.3) is 11.8 Å². The van der Waals surface area contributed by atoms with Crippen LogP contribution >= 0.6 is 0 Å². The van der Waals surface area contributed by atoms with Gasteiger partial charge in [-0.15, -0.1) is 5.06 Å². The smallest absolute Gasteiger partial charge is 0.336 e. The zero-order valence-corrected chi connectivity index (χ0v) is 21.3. The lowest BCUT2D eigenvalue weighted by Crippen LogP contribution is -2.61. The molecule has 2 aliphatic heterocycles. The number of hydrogen-bond acceptors (Lipinski definition) is 12. The summed E-state index contributed by atoms with van der Waals surface area (Å²) < 4.78 is 22.2. The molecule has 0 bridgehead atoms. The Labute approximate surface area is 222 Å². The number of aryl methyl sites for hydroxylation is 1. The molecule has 2 amide bonds. The Morgan fingerprint density at radius 1 is 1.05 bits per heavy atom. The molecule has 39 heavy (non-hydrogen) atoms. The number of aliphatic hydroxyl groups is 3. The maximum absolute atomic E-state index is 11.9. The third-order valence-corrected chi connectivity index (χ3v) is 6.53. The summed E-state index contributed by atoms with van der Waals surface area (Å²) in [7, 11) is 0. The number of aliphatic hydroxyl groups excluding tert-OH is 3. The molecule has 1 aromatic heterocycles. The zero-order chi connectivity index (χ0) is 28.1. The Bertz CT molecular complexity index is 1240. The van der Waals surface area contributed by atoms with E-state index in [9.17, 15) is 34.5 Å². The molecule has 0 spiro atoms. The summed E-state index contributed by atoms with van der Waals surface area (Å²) in [5.41, 5.74) is 0.499. The van der Waals surface area contributed by atoms with Crippen LogP contribution < -0.4 is 10.4 Å². The fraction of sp³-hybridized carbons (Fsp3) is 0.538. The first-order valence-corrected chi connectivity index (χ1v) is 12.7. The molecule has 0 aliphatic carbocycles. The van der Waals surface area contributed by atoms with Crippen molar-refractivity contribution < 1.29 is 53.2 Å². The topological polar surface area (TPSA) is 182 Å². The molecule has 3 N–H and O–H groups in total. The predicted molar refractivity (Wildman–Crippen MR) is 131 cm³/mol. The average molecular weight is 550 g/mol. The number of hydrogen-bond donors (Lipinski definition) is 3. The molecule has 2 aromatic rings. The lowest BCUT2D eigenvalue weighted by atomic mass is 9.99. The third kappa shape index (κ3) is 6.81. The Hall–Kier alpha value is -3.36. The van der Waals surface area contributed by atoms with Crippen LogP contribution in [0.2, 0.25) is 0 Å². The molecule has 3 heterocycles. The van der Waals surface area contributed by atoms with Gasteiger partial charge < -0.3 is 38.8 Å². The second-order valence-corrected chi connectivity index (χ2v) is 9.42. The Balaban J connectivity index is 1.23. The third-order valence-electron chi connectivity index (χ3n) is 6.53. The van der Waals surface area contributed by atoms with Crippen molar-refractivity contribution in [1.29, 1.82) is 0 Å². The van der Waals surface area contributed by atoms with Crippen LogP contribution in [0.4, 0.5) is 0 Å². The van der Waals surface area contributed by atoms with Gasteiger partial charge >= 0.3 is 11.6 Å². The average Bonchev–Trinajstić information content (AvgIpc) is 3.21. The van der Waals surface area contributed by atoms with E-state index in [4.69, 9.17) is 23.5 Å². The van der Waals surface area contributed by atoms with E-state index < -0.39 is 60.7 Å². The first-order valence-electron chi connectivity index (χ1n) is 12.7. The lowest BCUT2D eigenvalue weighted by molar-refractivity contribution is -0.285. The van der Waals surface area contributed by atoms with Crippen molar-refractivity contribution in [2.75, 3.05) is 13.2 Å². The molecule has 0 saturated carbocycles. The van der Waals surface area contributed by atoms with Crippen LogP contribution in [0.1, 0.15) is 44.1 Å². The van der Waals surface area contributed by atoms with Gasteiger partial charge in [-0.25, -0.2) is 9.59 Å². The summed E-state index contributed by atoms with van der Waals surface area (Å²) in [6, 6.07) is 6.13. The van der Waals surface area contributed by atoms with Crippen molar-refractivity contribution in [1.82, 2.24) is 5.06 Å². The molecule has 2 saturated heterocycles. The largest absolute Gasteiger partial charge is 0.462 e. The van der Waals surface area contributed by atoms with Crippen molar-refractivity contribution in [2.24, 2.45) is 0 Å². The van der Waals surface area contributed by atoms with Gasteiger partial charge in [-0.1, -0.05) is 6.42 Å². The standard InChI is InChI=1S/C26H31NO12/c1-14-11-22(32)37-17-12-15(6-7-16(14)17)36-26-24(34)23(33)25(18(13-28)38-26)35-10-4-2-3-5-21(31)39-27-19(29)8-9-20(27)30/h6-7,11-12,18,23-26,28,33-34H,2-5,8-10,13H2,1H3/t18-,23-,24+,25-,26+/m1/s1. The highest BCUT2D eigenvalue weighted by atomic mass is 16.7. The van der Waals surface area contributed by atoms with Gasteiger partial charge in [0.2, 0.25) is 6.29 Å². The maximum atomic E-state index is 11.9. The molecule has 1 aromatic carbocycles. The normalized spacial score (nSPS) is 25.3. The van der Waals surface area contributed by atoms with Gasteiger partial charge in [0.15, 0.2) is 0 Å². The zero-order valence-electron chi connectivity index (χ0n) is 21.3. The van der Waals surface area contributed by atoms with E-state index in [1.165, 1.54) is 12.1 Å². The van der Waals surface area contributed by atoms with Crippen LogP contribution in [0.3, 0.4) is 0 Å². The van der Waals surface area contributed by atoms with Gasteiger partial charge in [-0.3, -0.25) is 9.59 Å². The first kappa shape index (κ1) is 28.6. The second-order valence-electron chi connectivity index (χ2n) is 9.42. The summed E-state index contributed by atoms with van der Waals surface area (Å²) >= 11 is 0. The molecule has 2 aliphatic rings. The number of ether oxygens (including phenoxy) is 3. The highest BCUT2D eigenvalue weighted by molar-refractivity contribution is 6.01. The fourth-order valence-corrected chi connectivity index (χ4v) is 4.44. The van der Waals surface area contributed by atoms with Crippen LogP contribution in [0, 0.1) is 6.92 Å². The molecule has 2 fully saturated rings. The van der Waals surface area contributed by atoms with E-state index in [1.807, 2.05) is 0 Å². The number of carbonyl (C=O) groups is 3. The molecule has 13 heteroatoms.